The van der Waals surface area contributed by atoms with Crippen LogP contribution < -0.4 is 4.90 Å². The number of para-hydroxylation sites is 1. The van der Waals surface area contributed by atoms with Gasteiger partial charge in [-0.2, -0.15) is 0 Å². The average Bonchev–Trinajstić information content (AvgIpc) is 3.54. The molecule has 238 valence electrons. The number of anilines is 2. The molecule has 9 rings (SSSR count). The summed E-state index contributed by atoms with van der Waals surface area (Å²) in [6.45, 7) is 7.23. The summed E-state index contributed by atoms with van der Waals surface area (Å²) in [5.74, 6) is 0. The first-order valence-electron chi connectivity index (χ1n) is 17.3. The van der Waals surface area contributed by atoms with Crippen LogP contribution in [0, 0.1) is 5.41 Å². The van der Waals surface area contributed by atoms with E-state index in [9.17, 15) is 0 Å². The van der Waals surface area contributed by atoms with Gasteiger partial charge in [0.1, 0.15) is 0 Å². The highest BCUT2D eigenvalue weighted by molar-refractivity contribution is 9.09. The van der Waals surface area contributed by atoms with Gasteiger partial charge in [-0.1, -0.05) is 170 Å². The predicted molar refractivity (Wildman–Crippen MR) is 209 cm³/mol. The van der Waals surface area contributed by atoms with Crippen molar-refractivity contribution in [1.29, 1.82) is 0 Å². The summed E-state index contributed by atoms with van der Waals surface area (Å²) in [5.41, 5.74) is 14.9. The second kappa shape index (κ2) is 11.1. The fourth-order valence-electron chi connectivity index (χ4n) is 9.13. The van der Waals surface area contributed by atoms with Crippen LogP contribution in [0.15, 0.2) is 176 Å². The van der Waals surface area contributed by atoms with Gasteiger partial charge in [-0.3, -0.25) is 0 Å². The summed E-state index contributed by atoms with van der Waals surface area (Å²) in [6.07, 6.45) is 4.89. The maximum Gasteiger partial charge on any atom is 0.0713 e. The Morgan fingerprint density at radius 1 is 0.510 bits per heavy atom. The molecule has 0 fully saturated rings. The van der Waals surface area contributed by atoms with E-state index in [-0.39, 0.29) is 15.7 Å². The molecule has 2 heteroatoms. The van der Waals surface area contributed by atoms with Crippen LogP contribution in [-0.4, -0.2) is 4.83 Å². The van der Waals surface area contributed by atoms with Gasteiger partial charge in [0.15, 0.2) is 0 Å². The summed E-state index contributed by atoms with van der Waals surface area (Å²) in [6, 6.07) is 58.0. The van der Waals surface area contributed by atoms with Gasteiger partial charge in [0.25, 0.3) is 0 Å². The Morgan fingerprint density at radius 3 is 1.69 bits per heavy atom. The van der Waals surface area contributed by atoms with Gasteiger partial charge in [-0.25, -0.2) is 0 Å². The predicted octanol–water partition coefficient (Wildman–Crippen LogP) is 12.2. The minimum absolute atomic E-state index is 0.0291. The van der Waals surface area contributed by atoms with Crippen LogP contribution in [0.2, 0.25) is 0 Å². The topological polar surface area (TPSA) is 3.24 Å². The van der Waals surface area contributed by atoms with E-state index in [0.29, 0.717) is 0 Å². The van der Waals surface area contributed by atoms with Gasteiger partial charge < -0.3 is 4.90 Å². The van der Waals surface area contributed by atoms with Crippen molar-refractivity contribution < 1.29 is 0 Å². The van der Waals surface area contributed by atoms with Crippen LogP contribution in [0.25, 0.3) is 16.7 Å². The van der Waals surface area contributed by atoms with Crippen LogP contribution in [0.1, 0.15) is 54.2 Å². The molecule has 3 aliphatic carbocycles. The molecule has 0 aromatic heterocycles. The number of benzene rings is 6. The van der Waals surface area contributed by atoms with Gasteiger partial charge in [0.05, 0.1) is 5.41 Å². The first-order chi connectivity index (χ1) is 23.9. The molecule has 0 bridgehead atoms. The normalized spacial score (nSPS) is 20.7. The van der Waals surface area contributed by atoms with Crippen LogP contribution in [0.5, 0.6) is 0 Å². The third-order valence-electron chi connectivity index (χ3n) is 11.9. The molecule has 0 aliphatic heterocycles. The van der Waals surface area contributed by atoms with Gasteiger partial charge in [0, 0.05) is 32.7 Å². The first kappa shape index (κ1) is 30.2. The molecular weight excluding hydrogens is 658 g/mol. The second-order valence-electron chi connectivity index (χ2n) is 14.4. The summed E-state index contributed by atoms with van der Waals surface area (Å²) < 4.78 is 0. The Balaban J connectivity index is 1.28. The van der Waals surface area contributed by atoms with Crippen molar-refractivity contribution >= 4 is 32.9 Å². The van der Waals surface area contributed by atoms with Crippen molar-refractivity contribution in [3.05, 3.63) is 209 Å². The Bertz CT molecular complexity index is 2240. The van der Waals surface area contributed by atoms with E-state index in [1.807, 2.05) is 0 Å². The van der Waals surface area contributed by atoms with E-state index >= 15 is 0 Å². The van der Waals surface area contributed by atoms with Crippen molar-refractivity contribution in [2.24, 2.45) is 5.41 Å². The lowest BCUT2D eigenvalue weighted by atomic mass is 9.62. The lowest BCUT2D eigenvalue weighted by Gasteiger charge is -2.45. The second-order valence-corrected chi connectivity index (χ2v) is 15.3. The fraction of sp³-hybridized carbons (Fsp3) is 0.149. The number of alkyl halides is 1. The van der Waals surface area contributed by atoms with Crippen molar-refractivity contribution in [1.82, 2.24) is 0 Å². The lowest BCUT2D eigenvalue weighted by molar-refractivity contribution is 0.281. The Hall–Kier alpha value is -4.92. The highest BCUT2D eigenvalue weighted by atomic mass is 79.9. The van der Waals surface area contributed by atoms with E-state index in [1.54, 1.807) is 0 Å². The number of hydrogen-bond donors (Lipinski definition) is 0. The molecule has 3 aliphatic rings. The van der Waals surface area contributed by atoms with Gasteiger partial charge in [-0.15, -0.1) is 0 Å². The Morgan fingerprint density at radius 2 is 1.04 bits per heavy atom. The van der Waals surface area contributed by atoms with E-state index < -0.39 is 5.41 Å². The van der Waals surface area contributed by atoms with Crippen molar-refractivity contribution in [2.45, 2.75) is 36.4 Å². The molecule has 6 aromatic rings. The molecule has 0 radical (unpaired) electrons. The maximum atomic E-state index is 4.23. The summed E-state index contributed by atoms with van der Waals surface area (Å²) in [4.78, 5) is 2.59. The van der Waals surface area contributed by atoms with Crippen LogP contribution >= 0.6 is 15.9 Å². The molecule has 0 N–H and O–H groups in total. The van der Waals surface area contributed by atoms with Gasteiger partial charge in [0.2, 0.25) is 0 Å². The third kappa shape index (κ3) is 4.10. The zero-order valence-electron chi connectivity index (χ0n) is 28.1. The maximum absolute atomic E-state index is 4.23. The Labute approximate surface area is 298 Å². The summed E-state index contributed by atoms with van der Waals surface area (Å²) in [5, 5.41) is 0. The molecule has 6 aromatic carbocycles. The molecule has 0 spiro atoms. The van der Waals surface area contributed by atoms with Gasteiger partial charge in [-0.05, 0) is 86.5 Å². The SMILES string of the molecule is CC1(C)c2ccccc2C2=CC(N(c3ccccc3)c3ccc4c(c3)-c3ccccc3C4(c3ccccc3)c3ccccc3)=CC(Br)C21C. The lowest BCUT2D eigenvalue weighted by Crippen LogP contribution is -2.43. The molecule has 0 amide bonds. The number of allylic oxidation sites excluding steroid dienone is 3. The monoisotopic (exact) mass is 695 g/mol. The molecule has 1 nitrogen and oxygen atoms in total. The fourth-order valence-corrected chi connectivity index (χ4v) is 10.2. The van der Waals surface area contributed by atoms with Crippen molar-refractivity contribution in [3.63, 3.8) is 0 Å². The van der Waals surface area contributed by atoms with E-state index in [4.69, 9.17) is 0 Å². The van der Waals surface area contributed by atoms with Crippen molar-refractivity contribution in [2.75, 3.05) is 4.90 Å². The minimum atomic E-state index is -0.418. The van der Waals surface area contributed by atoms with Crippen molar-refractivity contribution in [3.8, 4) is 11.1 Å². The zero-order valence-corrected chi connectivity index (χ0v) is 29.7. The highest BCUT2D eigenvalue weighted by Crippen LogP contribution is 2.64. The van der Waals surface area contributed by atoms with E-state index in [1.165, 1.54) is 55.8 Å². The molecule has 2 atom stereocenters. The minimum Gasteiger partial charge on any atom is -0.311 e. The molecule has 0 saturated carbocycles. The van der Waals surface area contributed by atoms with Crippen LogP contribution in [-0.2, 0) is 10.8 Å². The molecular formula is C47H38BrN. The number of halogens is 1. The Kier molecular flexibility index (Phi) is 6.80. The van der Waals surface area contributed by atoms with E-state index in [0.717, 1.165) is 11.4 Å². The largest absolute Gasteiger partial charge is 0.311 e. The molecule has 2 unspecified atom stereocenters. The average molecular weight is 697 g/mol. The summed E-state index contributed by atoms with van der Waals surface area (Å²) >= 11 is 4.23. The standard InChI is InChI=1S/C47H38BrN/c1-45(2)40-25-15-14-24-38(40)43-30-36(31-44(48)46(43,45)3)49(34-21-11-6-12-22-34)35-27-28-42-39(29-35)37-23-13-16-26-41(37)47(42,32-17-7-4-8-18-32)33-19-9-5-10-20-33/h4-31,44H,1-3H3. The van der Waals surface area contributed by atoms with Gasteiger partial charge >= 0.3 is 0 Å². The summed E-state index contributed by atoms with van der Waals surface area (Å²) in [7, 11) is 0. The number of fused-ring (bicyclic) bond motifs is 6. The number of nitrogens with zero attached hydrogens (tertiary/aromatic N) is 1. The van der Waals surface area contributed by atoms with E-state index in [2.05, 4.69) is 211 Å². The third-order valence-corrected chi connectivity index (χ3v) is 13.1. The molecule has 0 saturated heterocycles. The molecule has 49 heavy (non-hydrogen) atoms. The first-order valence-corrected chi connectivity index (χ1v) is 18.2. The molecule has 0 heterocycles. The van der Waals surface area contributed by atoms with Crippen LogP contribution in [0.4, 0.5) is 11.4 Å². The smallest absolute Gasteiger partial charge is 0.0713 e. The van der Waals surface area contributed by atoms with Crippen LogP contribution in [0.3, 0.4) is 0 Å². The number of rotatable bonds is 5. The quantitative estimate of drug-likeness (QED) is 0.162. The zero-order chi connectivity index (χ0) is 33.4. The highest BCUT2D eigenvalue weighted by Gasteiger charge is 2.56. The number of hydrogen-bond acceptors (Lipinski definition) is 1.